The van der Waals surface area contributed by atoms with Gasteiger partial charge in [0.15, 0.2) is 5.11 Å². The van der Waals surface area contributed by atoms with E-state index in [1.165, 1.54) is 96.3 Å². The van der Waals surface area contributed by atoms with Gasteiger partial charge in [0.25, 0.3) is 0 Å². The van der Waals surface area contributed by atoms with Gasteiger partial charge in [0.2, 0.25) is 0 Å². The summed E-state index contributed by atoms with van der Waals surface area (Å²) in [5, 5.41) is 7.47. The molecule has 3 heteroatoms. The van der Waals surface area contributed by atoms with E-state index in [-0.39, 0.29) is 0 Å². The minimum Gasteiger partial charge on any atom is -0.363 e. The lowest BCUT2D eigenvalue weighted by Crippen LogP contribution is -2.36. The predicted octanol–water partition coefficient (Wildman–Crippen LogP) is 6.34. The van der Waals surface area contributed by atoms with Crippen molar-refractivity contribution in [2.75, 3.05) is 13.1 Å². The second kappa shape index (κ2) is 19.7. The first kappa shape index (κ1) is 22.7. The van der Waals surface area contributed by atoms with Crippen LogP contribution < -0.4 is 10.6 Å². The molecule has 0 unspecified atom stereocenters. The van der Waals surface area contributed by atoms with Crippen molar-refractivity contribution < 1.29 is 0 Å². The van der Waals surface area contributed by atoms with Crippen molar-refractivity contribution in [2.24, 2.45) is 0 Å². The Kier molecular flexibility index (Phi) is 19.5. The summed E-state index contributed by atoms with van der Waals surface area (Å²) in [7, 11) is 0. The molecule has 0 amide bonds. The highest BCUT2D eigenvalue weighted by molar-refractivity contribution is 7.80. The zero-order valence-electron chi connectivity index (χ0n) is 15.9. The molecule has 0 aliphatic rings. The second-order valence-corrected chi connectivity index (χ2v) is 7.19. The molecule has 0 atom stereocenters. The third-order valence-electron chi connectivity index (χ3n) is 4.38. The molecule has 0 aliphatic carbocycles. The summed E-state index contributed by atoms with van der Waals surface area (Å²) in [6, 6.07) is 0. The zero-order valence-corrected chi connectivity index (χ0v) is 16.7. The van der Waals surface area contributed by atoms with Crippen molar-refractivity contribution >= 4 is 17.3 Å². The van der Waals surface area contributed by atoms with Crippen LogP contribution in [0.4, 0.5) is 0 Å². The third kappa shape index (κ3) is 19.6. The summed E-state index contributed by atoms with van der Waals surface area (Å²) < 4.78 is 0. The van der Waals surface area contributed by atoms with Crippen LogP contribution in [-0.2, 0) is 0 Å². The molecule has 0 aromatic rings. The summed E-state index contributed by atoms with van der Waals surface area (Å²) >= 11 is 5.29. The van der Waals surface area contributed by atoms with Crippen LogP contribution in [0.2, 0.25) is 0 Å². The van der Waals surface area contributed by atoms with Gasteiger partial charge >= 0.3 is 0 Å². The fraction of sp³-hybridized carbons (Fsp3) is 0.950. The van der Waals surface area contributed by atoms with Crippen molar-refractivity contribution in [3.8, 4) is 0 Å². The summed E-state index contributed by atoms with van der Waals surface area (Å²) in [5.41, 5.74) is 0. The highest BCUT2D eigenvalue weighted by Gasteiger charge is 1.96. The number of thiocarbonyl (C=S) groups is 1. The Labute approximate surface area is 151 Å². The SMILES string of the molecule is CCCCCCCCCCCCCNC(=S)NCCCCCC. The molecule has 0 spiro atoms. The highest BCUT2D eigenvalue weighted by atomic mass is 32.1. The lowest BCUT2D eigenvalue weighted by atomic mass is 10.1. The minimum absolute atomic E-state index is 0.841. The Morgan fingerprint density at radius 3 is 1.22 bits per heavy atom. The monoisotopic (exact) mass is 342 g/mol. The first-order valence-electron chi connectivity index (χ1n) is 10.3. The fourth-order valence-corrected chi connectivity index (χ4v) is 3.01. The lowest BCUT2D eigenvalue weighted by Gasteiger charge is -2.10. The molecule has 2 N–H and O–H groups in total. The maximum Gasteiger partial charge on any atom is 0.166 e. The first-order chi connectivity index (χ1) is 11.3. The molecular formula is C20H42N2S. The van der Waals surface area contributed by atoms with E-state index in [4.69, 9.17) is 12.2 Å². The molecule has 0 aromatic carbocycles. The molecule has 0 saturated heterocycles. The van der Waals surface area contributed by atoms with Gasteiger partial charge in [0.1, 0.15) is 0 Å². The summed E-state index contributed by atoms with van der Waals surface area (Å²) in [5.74, 6) is 0. The Balaban J connectivity index is 3.10. The average molecular weight is 343 g/mol. The number of hydrogen-bond donors (Lipinski definition) is 2. The minimum atomic E-state index is 0.841. The largest absolute Gasteiger partial charge is 0.363 e. The molecule has 0 heterocycles. The van der Waals surface area contributed by atoms with Crippen LogP contribution in [0.1, 0.15) is 110 Å². The quantitative estimate of drug-likeness (QED) is 0.238. The molecule has 0 aliphatic heterocycles. The van der Waals surface area contributed by atoms with Gasteiger partial charge in [0, 0.05) is 13.1 Å². The highest BCUT2D eigenvalue weighted by Crippen LogP contribution is 2.10. The summed E-state index contributed by atoms with van der Waals surface area (Å²) in [6.45, 7) is 6.57. The number of unbranched alkanes of at least 4 members (excludes halogenated alkanes) is 13. The van der Waals surface area contributed by atoms with E-state index in [9.17, 15) is 0 Å². The average Bonchev–Trinajstić information content (AvgIpc) is 2.55. The smallest absolute Gasteiger partial charge is 0.166 e. The van der Waals surface area contributed by atoms with Gasteiger partial charge in [-0.25, -0.2) is 0 Å². The number of rotatable bonds is 17. The van der Waals surface area contributed by atoms with E-state index in [2.05, 4.69) is 24.5 Å². The van der Waals surface area contributed by atoms with Crippen LogP contribution in [0.25, 0.3) is 0 Å². The van der Waals surface area contributed by atoms with Crippen molar-refractivity contribution in [1.82, 2.24) is 10.6 Å². The van der Waals surface area contributed by atoms with Gasteiger partial charge in [-0.05, 0) is 25.1 Å². The second-order valence-electron chi connectivity index (χ2n) is 6.78. The molecule has 0 rings (SSSR count). The van der Waals surface area contributed by atoms with Crippen LogP contribution in [0.5, 0.6) is 0 Å². The third-order valence-corrected chi connectivity index (χ3v) is 4.67. The van der Waals surface area contributed by atoms with Crippen LogP contribution in [0, 0.1) is 0 Å². The van der Waals surface area contributed by atoms with Crippen molar-refractivity contribution in [1.29, 1.82) is 0 Å². The van der Waals surface area contributed by atoms with Gasteiger partial charge in [0.05, 0.1) is 0 Å². The normalized spacial score (nSPS) is 10.7. The van der Waals surface area contributed by atoms with Gasteiger partial charge in [-0.1, -0.05) is 97.3 Å². The first-order valence-corrected chi connectivity index (χ1v) is 10.7. The summed E-state index contributed by atoms with van der Waals surface area (Å²) in [4.78, 5) is 0. The molecule has 23 heavy (non-hydrogen) atoms. The molecule has 0 fully saturated rings. The Morgan fingerprint density at radius 2 is 0.826 bits per heavy atom. The molecular weight excluding hydrogens is 300 g/mol. The van der Waals surface area contributed by atoms with Crippen LogP contribution in [0.3, 0.4) is 0 Å². The Morgan fingerprint density at radius 1 is 0.522 bits per heavy atom. The van der Waals surface area contributed by atoms with Crippen LogP contribution >= 0.6 is 12.2 Å². The topological polar surface area (TPSA) is 24.1 Å². The molecule has 0 aromatic heterocycles. The van der Waals surface area contributed by atoms with Crippen LogP contribution in [-0.4, -0.2) is 18.2 Å². The fourth-order valence-electron chi connectivity index (χ4n) is 2.81. The van der Waals surface area contributed by atoms with Crippen LogP contribution in [0.15, 0.2) is 0 Å². The number of hydrogen-bond acceptors (Lipinski definition) is 1. The van der Waals surface area contributed by atoms with Gasteiger partial charge in [-0.2, -0.15) is 0 Å². The summed E-state index contributed by atoms with van der Waals surface area (Å²) in [6.07, 6.45) is 20.5. The standard InChI is InChI=1S/C20H42N2S/c1-3-5-7-9-10-11-12-13-14-15-17-19-22-20(23)21-18-16-8-6-4-2/h3-19H2,1-2H3,(H2,21,22,23). The molecule has 138 valence electrons. The van der Waals surface area contributed by atoms with Gasteiger partial charge < -0.3 is 10.6 Å². The lowest BCUT2D eigenvalue weighted by molar-refractivity contribution is 0.548. The van der Waals surface area contributed by atoms with E-state index >= 15 is 0 Å². The van der Waals surface area contributed by atoms with Crippen molar-refractivity contribution in [2.45, 2.75) is 110 Å². The van der Waals surface area contributed by atoms with Crippen molar-refractivity contribution in [3.05, 3.63) is 0 Å². The number of nitrogens with one attached hydrogen (secondary N) is 2. The van der Waals surface area contributed by atoms with E-state index in [1.54, 1.807) is 0 Å². The molecule has 2 nitrogen and oxygen atoms in total. The van der Waals surface area contributed by atoms with Gasteiger partial charge in [-0.3, -0.25) is 0 Å². The van der Waals surface area contributed by atoms with Gasteiger partial charge in [-0.15, -0.1) is 0 Å². The Bertz CT molecular complexity index is 244. The van der Waals surface area contributed by atoms with E-state index in [0.717, 1.165) is 18.2 Å². The Hall–Kier alpha value is -0.310. The van der Waals surface area contributed by atoms with E-state index < -0.39 is 0 Å². The predicted molar refractivity (Wildman–Crippen MR) is 109 cm³/mol. The van der Waals surface area contributed by atoms with Crippen molar-refractivity contribution in [3.63, 3.8) is 0 Å². The van der Waals surface area contributed by atoms with E-state index in [0.29, 0.717) is 0 Å². The van der Waals surface area contributed by atoms with E-state index in [1.807, 2.05) is 0 Å². The maximum atomic E-state index is 5.29. The molecule has 0 bridgehead atoms. The zero-order chi connectivity index (χ0) is 17.0. The molecule has 0 saturated carbocycles. The maximum absolute atomic E-state index is 5.29. The molecule has 0 radical (unpaired) electrons.